The molecule has 6 nitrogen and oxygen atoms in total. The van der Waals surface area contributed by atoms with Crippen LogP contribution in [0.4, 0.5) is 0 Å². The predicted octanol–water partition coefficient (Wildman–Crippen LogP) is 4.21. The van der Waals surface area contributed by atoms with Crippen LogP contribution in [0.1, 0.15) is 56.3 Å². The highest BCUT2D eigenvalue weighted by molar-refractivity contribution is 5.95. The largest absolute Gasteiger partial charge is 0.339 e. The summed E-state index contributed by atoms with van der Waals surface area (Å²) in [5.74, 6) is 1.97. The molecule has 1 N–H and O–H groups in total. The second kappa shape index (κ2) is 10.2. The number of piperidine rings is 1. The van der Waals surface area contributed by atoms with Crippen LogP contribution in [0.15, 0.2) is 28.8 Å². The summed E-state index contributed by atoms with van der Waals surface area (Å²) in [6.45, 7) is 9.11. The van der Waals surface area contributed by atoms with E-state index < -0.39 is 0 Å². The van der Waals surface area contributed by atoms with Crippen molar-refractivity contribution in [3.8, 4) is 11.4 Å². The van der Waals surface area contributed by atoms with Gasteiger partial charge >= 0.3 is 0 Å². The van der Waals surface area contributed by atoms with Crippen LogP contribution in [-0.2, 0) is 6.42 Å². The van der Waals surface area contributed by atoms with Crippen LogP contribution in [0.2, 0.25) is 0 Å². The first-order valence-corrected chi connectivity index (χ1v) is 10.2. The van der Waals surface area contributed by atoms with Crippen molar-refractivity contribution in [3.05, 3.63) is 35.7 Å². The maximum absolute atomic E-state index is 12.9. The molecule has 0 bridgehead atoms. The standard InChI is InChI=1S/C22H32N4O2.ClH/c1-22(2,3)15-19-24-20(25-28-19)17-6-5-7-18(14-17)21(27)26-12-9-16(10-13-26)8-11-23-4;/h5-7,14,16,23H,8-13,15H2,1-4H3;1H. The van der Waals surface area contributed by atoms with Crippen LogP contribution in [0.3, 0.4) is 0 Å². The lowest BCUT2D eigenvalue weighted by atomic mass is 9.92. The summed E-state index contributed by atoms with van der Waals surface area (Å²) >= 11 is 0. The smallest absolute Gasteiger partial charge is 0.253 e. The number of benzene rings is 1. The van der Waals surface area contributed by atoms with E-state index in [9.17, 15) is 4.79 Å². The lowest BCUT2D eigenvalue weighted by Gasteiger charge is -2.32. The molecule has 29 heavy (non-hydrogen) atoms. The third-order valence-electron chi connectivity index (χ3n) is 5.22. The fourth-order valence-electron chi connectivity index (χ4n) is 3.64. The Labute approximate surface area is 179 Å². The van der Waals surface area contributed by atoms with Gasteiger partial charge in [0.1, 0.15) is 0 Å². The molecule has 1 aromatic heterocycles. The van der Waals surface area contributed by atoms with Gasteiger partial charge in [-0.05, 0) is 56.3 Å². The molecular formula is C22H33ClN4O2. The Morgan fingerprint density at radius 2 is 2.00 bits per heavy atom. The Morgan fingerprint density at radius 3 is 2.66 bits per heavy atom. The first kappa shape index (κ1) is 23.4. The number of nitrogens with zero attached hydrogens (tertiary/aromatic N) is 3. The minimum Gasteiger partial charge on any atom is -0.339 e. The highest BCUT2D eigenvalue weighted by Gasteiger charge is 2.24. The van der Waals surface area contributed by atoms with Gasteiger partial charge in [0.15, 0.2) is 0 Å². The number of hydrogen-bond acceptors (Lipinski definition) is 5. The molecule has 3 rings (SSSR count). The van der Waals surface area contributed by atoms with Crippen LogP contribution in [0, 0.1) is 11.3 Å². The molecule has 0 atom stereocenters. The summed E-state index contributed by atoms with van der Waals surface area (Å²) < 4.78 is 5.39. The van der Waals surface area contributed by atoms with Gasteiger partial charge in [-0.25, -0.2) is 0 Å². The van der Waals surface area contributed by atoms with E-state index in [0.717, 1.165) is 44.5 Å². The Morgan fingerprint density at radius 1 is 1.28 bits per heavy atom. The molecular weight excluding hydrogens is 388 g/mol. The van der Waals surface area contributed by atoms with Crippen molar-refractivity contribution in [1.82, 2.24) is 20.4 Å². The van der Waals surface area contributed by atoms with E-state index in [-0.39, 0.29) is 23.7 Å². The number of aromatic nitrogens is 2. The van der Waals surface area contributed by atoms with Gasteiger partial charge in [0.25, 0.3) is 5.91 Å². The van der Waals surface area contributed by atoms with E-state index in [2.05, 4.69) is 36.2 Å². The Balaban J connectivity index is 0.00000300. The van der Waals surface area contributed by atoms with Crippen molar-refractivity contribution in [1.29, 1.82) is 0 Å². The van der Waals surface area contributed by atoms with Crippen molar-refractivity contribution in [3.63, 3.8) is 0 Å². The van der Waals surface area contributed by atoms with Crippen molar-refractivity contribution in [2.75, 3.05) is 26.7 Å². The summed E-state index contributed by atoms with van der Waals surface area (Å²) in [7, 11) is 1.99. The Kier molecular flexibility index (Phi) is 8.23. The van der Waals surface area contributed by atoms with E-state index in [4.69, 9.17) is 4.52 Å². The van der Waals surface area contributed by atoms with Gasteiger partial charge in [0.2, 0.25) is 11.7 Å². The van der Waals surface area contributed by atoms with Crippen molar-refractivity contribution in [2.24, 2.45) is 11.3 Å². The zero-order chi connectivity index (χ0) is 20.1. The number of nitrogens with one attached hydrogen (secondary N) is 1. The molecule has 0 radical (unpaired) electrons. The minimum atomic E-state index is 0. The van der Waals surface area contributed by atoms with E-state index in [1.807, 2.05) is 36.2 Å². The van der Waals surface area contributed by atoms with Gasteiger partial charge in [-0.2, -0.15) is 4.98 Å². The van der Waals surface area contributed by atoms with Crippen molar-refractivity contribution in [2.45, 2.75) is 46.5 Å². The summed E-state index contributed by atoms with van der Waals surface area (Å²) in [6, 6.07) is 7.56. The number of carbonyl (C=O) groups excluding carboxylic acids is 1. The van der Waals surface area contributed by atoms with Crippen LogP contribution in [-0.4, -0.2) is 47.6 Å². The molecule has 1 aliphatic rings. The SMILES string of the molecule is CNCCC1CCN(C(=O)c2cccc(-c3noc(CC(C)(C)C)n3)c2)CC1.Cl. The van der Waals surface area contributed by atoms with Crippen molar-refractivity contribution < 1.29 is 9.32 Å². The highest BCUT2D eigenvalue weighted by atomic mass is 35.5. The number of likely N-dealkylation sites (tertiary alicyclic amines) is 1. The highest BCUT2D eigenvalue weighted by Crippen LogP contribution is 2.25. The van der Waals surface area contributed by atoms with E-state index in [1.165, 1.54) is 6.42 Å². The fourth-order valence-corrected chi connectivity index (χ4v) is 3.64. The number of rotatable bonds is 6. The number of amides is 1. The minimum absolute atomic E-state index is 0. The molecule has 0 aliphatic carbocycles. The second-order valence-electron chi connectivity index (χ2n) is 8.96. The van der Waals surface area contributed by atoms with Gasteiger partial charge in [0.05, 0.1) is 0 Å². The van der Waals surface area contributed by atoms with Crippen LogP contribution in [0.25, 0.3) is 11.4 Å². The van der Waals surface area contributed by atoms with Gasteiger partial charge in [-0.15, -0.1) is 12.4 Å². The lowest BCUT2D eigenvalue weighted by Crippen LogP contribution is -2.38. The summed E-state index contributed by atoms with van der Waals surface area (Å²) in [4.78, 5) is 19.4. The second-order valence-corrected chi connectivity index (χ2v) is 8.96. The molecule has 1 amide bonds. The first-order chi connectivity index (χ1) is 13.4. The molecule has 2 heterocycles. The molecule has 0 saturated carbocycles. The summed E-state index contributed by atoms with van der Waals surface area (Å²) in [5.41, 5.74) is 1.59. The molecule has 0 unspecified atom stereocenters. The Hall–Kier alpha value is -1.92. The summed E-state index contributed by atoms with van der Waals surface area (Å²) in [6.07, 6.45) is 4.06. The lowest BCUT2D eigenvalue weighted by molar-refractivity contribution is 0.0687. The van der Waals surface area contributed by atoms with Crippen LogP contribution >= 0.6 is 12.4 Å². The zero-order valence-corrected chi connectivity index (χ0v) is 18.7. The first-order valence-electron chi connectivity index (χ1n) is 10.2. The molecule has 7 heteroatoms. The van der Waals surface area contributed by atoms with Crippen LogP contribution in [0.5, 0.6) is 0 Å². The molecule has 0 spiro atoms. The zero-order valence-electron chi connectivity index (χ0n) is 17.9. The monoisotopic (exact) mass is 420 g/mol. The number of carbonyl (C=O) groups is 1. The van der Waals surface area contributed by atoms with Gasteiger partial charge in [0, 0.05) is 30.6 Å². The number of hydrogen-bond donors (Lipinski definition) is 1. The van der Waals surface area contributed by atoms with E-state index in [1.54, 1.807) is 0 Å². The normalized spacial score (nSPS) is 15.2. The van der Waals surface area contributed by atoms with E-state index >= 15 is 0 Å². The molecule has 1 aliphatic heterocycles. The van der Waals surface area contributed by atoms with E-state index in [0.29, 0.717) is 23.2 Å². The Bertz CT molecular complexity index is 792. The van der Waals surface area contributed by atoms with Gasteiger partial charge < -0.3 is 14.7 Å². The summed E-state index contributed by atoms with van der Waals surface area (Å²) in [5, 5.41) is 7.32. The topological polar surface area (TPSA) is 71.3 Å². The molecule has 1 aromatic carbocycles. The maximum atomic E-state index is 12.9. The molecule has 160 valence electrons. The third kappa shape index (κ3) is 6.54. The third-order valence-corrected chi connectivity index (χ3v) is 5.22. The molecule has 1 saturated heterocycles. The number of halogens is 1. The van der Waals surface area contributed by atoms with Gasteiger partial charge in [-0.3, -0.25) is 4.79 Å². The van der Waals surface area contributed by atoms with Crippen LogP contribution < -0.4 is 5.32 Å². The molecule has 1 fully saturated rings. The molecule has 2 aromatic rings. The predicted molar refractivity (Wildman–Crippen MR) is 117 cm³/mol. The van der Waals surface area contributed by atoms with Crippen molar-refractivity contribution >= 4 is 18.3 Å². The maximum Gasteiger partial charge on any atom is 0.253 e. The fraction of sp³-hybridized carbons (Fsp3) is 0.591. The van der Waals surface area contributed by atoms with Gasteiger partial charge in [-0.1, -0.05) is 38.1 Å². The average Bonchev–Trinajstić information content (AvgIpc) is 3.13. The average molecular weight is 421 g/mol. The quantitative estimate of drug-likeness (QED) is 0.757.